The third-order valence-electron chi connectivity index (χ3n) is 7.75. The Morgan fingerprint density at radius 3 is 2.41 bits per heavy atom. The molecule has 2 aliphatic carbocycles. The summed E-state index contributed by atoms with van der Waals surface area (Å²) >= 11 is 0. The number of likely N-dealkylation sites (N-methyl/N-ethyl adjacent to an activating group) is 1. The summed E-state index contributed by atoms with van der Waals surface area (Å²) in [6.07, 6.45) is 7.86. The number of fused-ring (bicyclic) bond motifs is 2. The fraction of sp³-hybridized carbons (Fsp3) is 1.00. The van der Waals surface area contributed by atoms with Crippen molar-refractivity contribution in [2.75, 3.05) is 33.3 Å². The van der Waals surface area contributed by atoms with Crippen LogP contribution in [0, 0.1) is 16.7 Å². The first-order valence-corrected chi connectivity index (χ1v) is 9.40. The zero-order chi connectivity index (χ0) is 16.0. The number of aliphatic hydroxyl groups is 1. The van der Waals surface area contributed by atoms with Gasteiger partial charge in [0, 0.05) is 0 Å². The lowest BCUT2D eigenvalue weighted by atomic mass is 9.70. The van der Waals surface area contributed by atoms with Gasteiger partial charge in [-0.3, -0.25) is 0 Å². The van der Waals surface area contributed by atoms with Gasteiger partial charge in [-0.2, -0.15) is 0 Å². The average molecular weight is 311 g/mol. The number of quaternary nitrogens is 1. The number of nitrogens with zero attached hydrogens (tertiary/aromatic N) is 1. The van der Waals surface area contributed by atoms with E-state index < -0.39 is 0 Å². The highest BCUT2D eigenvalue weighted by Gasteiger charge is 2.61. The van der Waals surface area contributed by atoms with Gasteiger partial charge in [0.2, 0.25) is 0 Å². The van der Waals surface area contributed by atoms with E-state index in [2.05, 4.69) is 27.8 Å². The van der Waals surface area contributed by atoms with Crippen LogP contribution in [-0.2, 0) is 4.74 Å². The topological polar surface area (TPSA) is 29.5 Å². The quantitative estimate of drug-likeness (QED) is 0.790. The van der Waals surface area contributed by atoms with Crippen molar-refractivity contribution < 1.29 is 14.3 Å². The predicted octanol–water partition coefficient (Wildman–Crippen LogP) is 3.21. The van der Waals surface area contributed by atoms with Gasteiger partial charge in [0.05, 0.1) is 32.8 Å². The van der Waals surface area contributed by atoms with Crippen LogP contribution >= 0.6 is 0 Å². The van der Waals surface area contributed by atoms with Crippen molar-refractivity contribution in [3.8, 4) is 0 Å². The van der Waals surface area contributed by atoms with Gasteiger partial charge in [-0.15, -0.1) is 0 Å². The van der Waals surface area contributed by atoms with Crippen molar-refractivity contribution in [1.82, 2.24) is 0 Å². The maximum absolute atomic E-state index is 10.5. The van der Waals surface area contributed by atoms with Crippen molar-refractivity contribution in [2.24, 2.45) is 16.7 Å². The monoisotopic (exact) mass is 310 g/mol. The molecule has 4 unspecified atom stereocenters. The maximum atomic E-state index is 10.5. The molecule has 0 aromatic carbocycles. The smallest absolute Gasteiger partial charge is 0.126 e. The van der Waals surface area contributed by atoms with Crippen LogP contribution in [-0.4, -0.2) is 55.1 Å². The minimum absolute atomic E-state index is 0.307. The molecule has 1 heterocycles. The second-order valence-electron chi connectivity index (χ2n) is 9.40. The molecular weight excluding hydrogens is 274 g/mol. The van der Waals surface area contributed by atoms with E-state index in [1.165, 1.54) is 51.6 Å². The standard InChI is InChI=1S/C19H36NO2/c1-18(2)15-8-9-19(18,3)17(12-15)22-14-16(21)13-20(4)10-6-5-7-11-20/h15-17,21H,5-14H2,1-4H3/q+1. The normalized spacial score (nSPS) is 40.8. The van der Waals surface area contributed by atoms with E-state index in [4.69, 9.17) is 4.74 Å². The Morgan fingerprint density at radius 1 is 1.18 bits per heavy atom. The van der Waals surface area contributed by atoms with Gasteiger partial charge in [-0.25, -0.2) is 0 Å². The van der Waals surface area contributed by atoms with E-state index in [0.717, 1.165) is 16.9 Å². The van der Waals surface area contributed by atoms with E-state index >= 15 is 0 Å². The highest BCUT2D eigenvalue weighted by molar-refractivity contribution is 5.11. The van der Waals surface area contributed by atoms with Gasteiger partial charge in [0.25, 0.3) is 0 Å². The Hall–Kier alpha value is -0.120. The van der Waals surface area contributed by atoms with Crippen LogP contribution in [0.3, 0.4) is 0 Å². The number of hydrogen-bond donors (Lipinski definition) is 1. The number of likely N-dealkylation sites (tertiary alicyclic amines) is 1. The number of piperidine rings is 1. The molecule has 1 aliphatic heterocycles. The fourth-order valence-corrected chi connectivity index (χ4v) is 5.63. The molecule has 3 aliphatic rings. The van der Waals surface area contributed by atoms with Gasteiger partial charge in [-0.05, 0) is 55.3 Å². The van der Waals surface area contributed by atoms with E-state index in [1.54, 1.807) is 0 Å². The minimum atomic E-state index is -0.311. The van der Waals surface area contributed by atoms with E-state index in [1.807, 2.05) is 0 Å². The highest BCUT2D eigenvalue weighted by Crippen LogP contribution is 2.66. The molecule has 0 amide bonds. The third-order valence-corrected chi connectivity index (χ3v) is 7.75. The molecule has 1 N–H and O–H groups in total. The lowest BCUT2D eigenvalue weighted by Crippen LogP contribution is -2.53. The number of rotatable bonds is 5. The zero-order valence-electron chi connectivity index (χ0n) is 15.1. The van der Waals surface area contributed by atoms with Gasteiger partial charge < -0.3 is 14.3 Å². The Labute approximate surface area is 136 Å². The molecule has 0 aromatic rings. The van der Waals surface area contributed by atoms with Crippen LogP contribution in [0.25, 0.3) is 0 Å². The molecule has 0 spiro atoms. The van der Waals surface area contributed by atoms with Gasteiger partial charge in [0.1, 0.15) is 12.6 Å². The lowest BCUT2D eigenvalue weighted by Gasteiger charge is -2.41. The van der Waals surface area contributed by atoms with Crippen molar-refractivity contribution in [1.29, 1.82) is 0 Å². The first-order chi connectivity index (χ1) is 10.3. The first kappa shape index (κ1) is 16.7. The molecular formula is C19H36NO2+. The van der Waals surface area contributed by atoms with Crippen molar-refractivity contribution in [3.05, 3.63) is 0 Å². The van der Waals surface area contributed by atoms with E-state index in [-0.39, 0.29) is 6.10 Å². The third kappa shape index (κ3) is 2.74. The molecule has 0 aromatic heterocycles. The zero-order valence-corrected chi connectivity index (χ0v) is 15.1. The summed E-state index contributed by atoms with van der Waals surface area (Å²) in [4.78, 5) is 0. The second-order valence-corrected chi connectivity index (χ2v) is 9.40. The predicted molar refractivity (Wildman–Crippen MR) is 89.6 cm³/mol. The van der Waals surface area contributed by atoms with Crippen molar-refractivity contribution in [3.63, 3.8) is 0 Å². The van der Waals surface area contributed by atoms with E-state index in [0.29, 0.717) is 23.5 Å². The van der Waals surface area contributed by atoms with E-state index in [9.17, 15) is 5.11 Å². The van der Waals surface area contributed by atoms with Gasteiger partial charge in [-0.1, -0.05) is 20.8 Å². The summed E-state index contributed by atoms with van der Waals surface area (Å²) in [5.74, 6) is 0.811. The summed E-state index contributed by atoms with van der Waals surface area (Å²) in [6.45, 7) is 11.1. The van der Waals surface area contributed by atoms with Crippen LogP contribution in [0.5, 0.6) is 0 Å². The van der Waals surface area contributed by atoms with Crippen LogP contribution in [0.1, 0.15) is 59.3 Å². The number of aliphatic hydroxyl groups excluding tert-OH is 1. The van der Waals surface area contributed by atoms with Crippen LogP contribution in [0.4, 0.5) is 0 Å². The molecule has 1 saturated heterocycles. The molecule has 3 fully saturated rings. The van der Waals surface area contributed by atoms with Gasteiger partial charge >= 0.3 is 0 Å². The maximum Gasteiger partial charge on any atom is 0.126 e. The first-order valence-electron chi connectivity index (χ1n) is 9.40. The van der Waals surface area contributed by atoms with Gasteiger partial charge in [0.15, 0.2) is 0 Å². The SMILES string of the molecule is CC1(C)C2CCC1(C)C(OCC(O)C[N+]1(C)CCCCC1)C2. The van der Waals surface area contributed by atoms with Crippen LogP contribution in [0.2, 0.25) is 0 Å². The van der Waals surface area contributed by atoms with Crippen LogP contribution < -0.4 is 0 Å². The average Bonchev–Trinajstić information content (AvgIpc) is 2.78. The molecule has 0 radical (unpaired) electrons. The molecule has 22 heavy (non-hydrogen) atoms. The number of ether oxygens (including phenoxy) is 1. The number of hydrogen-bond acceptors (Lipinski definition) is 2. The molecule has 2 bridgehead atoms. The summed E-state index contributed by atoms with van der Waals surface area (Å²) in [7, 11) is 2.30. The Balaban J connectivity index is 1.51. The molecule has 3 rings (SSSR count). The minimum Gasteiger partial charge on any atom is -0.385 e. The highest BCUT2D eigenvalue weighted by atomic mass is 16.5. The lowest BCUT2D eigenvalue weighted by molar-refractivity contribution is -0.916. The van der Waals surface area contributed by atoms with Crippen LogP contribution in [0.15, 0.2) is 0 Å². The molecule has 4 atom stereocenters. The summed E-state index contributed by atoms with van der Waals surface area (Å²) in [6, 6.07) is 0. The Morgan fingerprint density at radius 2 is 1.86 bits per heavy atom. The molecule has 2 saturated carbocycles. The summed E-state index contributed by atoms with van der Waals surface area (Å²) in [5.41, 5.74) is 0.703. The Bertz CT molecular complexity index is 402. The molecule has 128 valence electrons. The fourth-order valence-electron chi connectivity index (χ4n) is 5.63. The largest absolute Gasteiger partial charge is 0.385 e. The van der Waals surface area contributed by atoms with Crippen molar-refractivity contribution >= 4 is 0 Å². The second kappa shape index (κ2) is 5.75. The summed E-state index contributed by atoms with van der Waals surface area (Å²) in [5, 5.41) is 10.5. The molecule has 3 heteroatoms. The summed E-state index contributed by atoms with van der Waals surface area (Å²) < 4.78 is 7.29. The molecule has 3 nitrogen and oxygen atoms in total. The Kier molecular flexibility index (Phi) is 4.37. The van der Waals surface area contributed by atoms with Crippen molar-refractivity contribution in [2.45, 2.75) is 71.5 Å².